The van der Waals surface area contributed by atoms with E-state index in [9.17, 15) is 22.8 Å². The van der Waals surface area contributed by atoms with Crippen LogP contribution in [0.4, 0.5) is 13.2 Å². The first kappa shape index (κ1) is 23.9. The molecular weight excluding hydrogens is 498 g/mol. The second-order valence-corrected chi connectivity index (χ2v) is 9.70. The second kappa shape index (κ2) is 9.63. The highest BCUT2D eigenvalue weighted by atomic mass is 127. The van der Waals surface area contributed by atoms with E-state index >= 15 is 0 Å². The van der Waals surface area contributed by atoms with Crippen molar-refractivity contribution in [3.63, 3.8) is 0 Å². The topological polar surface area (TPSA) is 61.4 Å². The molecule has 162 valence electrons. The fourth-order valence-electron chi connectivity index (χ4n) is 3.23. The predicted octanol–water partition coefficient (Wildman–Crippen LogP) is 3.67. The van der Waals surface area contributed by atoms with Crippen LogP contribution in [0.25, 0.3) is 0 Å². The fourth-order valence-corrected chi connectivity index (χ4v) is 3.90. The zero-order chi connectivity index (χ0) is 21.8. The number of rotatable bonds is 5. The van der Waals surface area contributed by atoms with E-state index in [0.717, 1.165) is 38.1 Å². The van der Waals surface area contributed by atoms with Crippen molar-refractivity contribution in [3.8, 4) is 0 Å². The van der Waals surface area contributed by atoms with E-state index in [2.05, 4.69) is 15.5 Å². The number of carbonyl (C=O) groups is 2. The molecule has 2 amide bonds. The molecule has 0 bridgehead atoms. The van der Waals surface area contributed by atoms with Crippen LogP contribution in [-0.4, -0.2) is 48.4 Å². The van der Waals surface area contributed by atoms with Crippen LogP contribution in [0.2, 0.25) is 0 Å². The van der Waals surface area contributed by atoms with Gasteiger partial charge in [-0.05, 0) is 93.4 Å². The third-order valence-corrected chi connectivity index (χ3v) is 5.25. The summed E-state index contributed by atoms with van der Waals surface area (Å²) in [6.45, 7) is 8.06. The molecule has 29 heavy (non-hydrogen) atoms. The number of halogens is 4. The molecule has 1 aromatic rings. The largest absolute Gasteiger partial charge is 0.416 e. The first-order valence-electron chi connectivity index (χ1n) is 9.53. The molecule has 0 atom stereocenters. The van der Waals surface area contributed by atoms with Gasteiger partial charge in [0.1, 0.15) is 0 Å². The molecule has 0 spiro atoms. The molecule has 2 N–H and O–H groups in total. The van der Waals surface area contributed by atoms with Crippen LogP contribution >= 0.6 is 22.6 Å². The molecular formula is C20H27F3IN3O2. The number of carbonyl (C=O) groups excluding carboxylic acids is 2. The maximum atomic E-state index is 12.9. The van der Waals surface area contributed by atoms with Crippen LogP contribution in [-0.2, 0) is 11.0 Å². The van der Waals surface area contributed by atoms with Crippen molar-refractivity contribution >= 4 is 34.4 Å². The number of piperidine rings is 1. The van der Waals surface area contributed by atoms with E-state index in [1.807, 2.05) is 20.8 Å². The molecule has 0 aromatic heterocycles. The Morgan fingerprint density at radius 1 is 1.14 bits per heavy atom. The van der Waals surface area contributed by atoms with Crippen LogP contribution in [0.1, 0.15) is 49.5 Å². The zero-order valence-electron chi connectivity index (χ0n) is 16.8. The van der Waals surface area contributed by atoms with Crippen molar-refractivity contribution in [1.29, 1.82) is 0 Å². The second-order valence-electron chi connectivity index (χ2n) is 8.45. The van der Waals surface area contributed by atoms with Gasteiger partial charge >= 0.3 is 6.18 Å². The summed E-state index contributed by atoms with van der Waals surface area (Å²) in [7, 11) is 0. The van der Waals surface area contributed by atoms with E-state index < -0.39 is 17.6 Å². The van der Waals surface area contributed by atoms with Gasteiger partial charge in [0.15, 0.2) is 0 Å². The van der Waals surface area contributed by atoms with Crippen molar-refractivity contribution < 1.29 is 22.8 Å². The summed E-state index contributed by atoms with van der Waals surface area (Å²) in [5, 5.41) is 5.69. The van der Waals surface area contributed by atoms with Gasteiger partial charge in [0, 0.05) is 21.2 Å². The monoisotopic (exact) mass is 525 g/mol. The lowest BCUT2D eigenvalue weighted by Gasteiger charge is -2.32. The number of amides is 2. The molecule has 0 aliphatic carbocycles. The molecule has 1 heterocycles. The van der Waals surface area contributed by atoms with E-state index in [-0.39, 0.29) is 22.9 Å². The lowest BCUT2D eigenvalue weighted by atomic mass is 9.96. The molecule has 5 nitrogen and oxygen atoms in total. The van der Waals surface area contributed by atoms with Crippen molar-refractivity contribution in [3.05, 3.63) is 32.9 Å². The first-order valence-corrected chi connectivity index (χ1v) is 10.6. The van der Waals surface area contributed by atoms with Crippen LogP contribution in [0, 0.1) is 9.49 Å². The number of likely N-dealkylation sites (tertiary alicyclic amines) is 1. The Morgan fingerprint density at radius 3 is 2.31 bits per heavy atom. The van der Waals surface area contributed by atoms with Gasteiger partial charge in [0.2, 0.25) is 5.91 Å². The highest BCUT2D eigenvalue weighted by Crippen LogP contribution is 2.31. The van der Waals surface area contributed by atoms with Crippen LogP contribution in [0.3, 0.4) is 0 Å². The normalized spacial score (nSPS) is 16.5. The predicted molar refractivity (Wildman–Crippen MR) is 114 cm³/mol. The summed E-state index contributed by atoms with van der Waals surface area (Å²) < 4.78 is 39.2. The lowest BCUT2D eigenvalue weighted by molar-refractivity contribution is -0.137. The summed E-state index contributed by atoms with van der Waals surface area (Å²) in [6, 6.07) is 3.35. The molecule has 1 aliphatic rings. The molecule has 1 saturated heterocycles. The van der Waals surface area contributed by atoms with Gasteiger partial charge in [-0.3, -0.25) is 14.5 Å². The standard InChI is InChI=1S/C20H27F3IN3O2/c1-19(2,3)26-17(28)12-27-6-4-13(5-7-27)11-25-18(29)14-8-15(20(21,22)23)10-16(24)9-14/h8-10,13H,4-7,11-12H2,1-3H3,(H,25,29)(H,26,28). The molecule has 1 aromatic carbocycles. The van der Waals surface area contributed by atoms with Gasteiger partial charge in [-0.2, -0.15) is 13.2 Å². The number of hydrogen-bond acceptors (Lipinski definition) is 3. The van der Waals surface area contributed by atoms with Gasteiger partial charge in [-0.1, -0.05) is 0 Å². The minimum Gasteiger partial charge on any atom is -0.352 e. The maximum Gasteiger partial charge on any atom is 0.416 e. The summed E-state index contributed by atoms with van der Waals surface area (Å²) in [5.41, 5.74) is -1.07. The molecule has 0 saturated carbocycles. The lowest BCUT2D eigenvalue weighted by Crippen LogP contribution is -2.48. The van der Waals surface area contributed by atoms with Crippen molar-refractivity contribution in [2.45, 2.75) is 45.3 Å². The molecule has 1 aliphatic heterocycles. The van der Waals surface area contributed by atoms with Crippen LogP contribution in [0.15, 0.2) is 18.2 Å². The number of nitrogens with zero attached hydrogens (tertiary/aromatic N) is 1. The fraction of sp³-hybridized carbons (Fsp3) is 0.600. The van der Waals surface area contributed by atoms with E-state index in [0.29, 0.717) is 16.7 Å². The zero-order valence-corrected chi connectivity index (χ0v) is 19.0. The number of benzene rings is 1. The smallest absolute Gasteiger partial charge is 0.352 e. The van der Waals surface area contributed by atoms with E-state index in [1.54, 1.807) is 22.6 Å². The van der Waals surface area contributed by atoms with Crippen molar-refractivity contribution in [2.24, 2.45) is 5.92 Å². The highest BCUT2D eigenvalue weighted by Gasteiger charge is 2.31. The Labute approximate surface area is 182 Å². The Bertz CT molecular complexity index is 739. The van der Waals surface area contributed by atoms with E-state index in [4.69, 9.17) is 0 Å². The average molecular weight is 525 g/mol. The first-order chi connectivity index (χ1) is 13.3. The van der Waals surface area contributed by atoms with Gasteiger partial charge in [-0.15, -0.1) is 0 Å². The quantitative estimate of drug-likeness (QED) is 0.578. The maximum absolute atomic E-state index is 12.9. The Kier molecular flexibility index (Phi) is 7.94. The summed E-state index contributed by atoms with van der Waals surface area (Å²) >= 11 is 1.78. The summed E-state index contributed by atoms with van der Waals surface area (Å²) in [4.78, 5) is 26.4. The van der Waals surface area contributed by atoms with Crippen LogP contribution in [0.5, 0.6) is 0 Å². The summed E-state index contributed by atoms with van der Waals surface area (Å²) in [5.74, 6) is -0.268. The molecule has 9 heteroatoms. The van der Waals surface area contributed by atoms with Crippen molar-refractivity contribution in [2.75, 3.05) is 26.2 Å². The van der Waals surface area contributed by atoms with Crippen LogP contribution < -0.4 is 10.6 Å². The molecule has 0 radical (unpaired) electrons. The van der Waals surface area contributed by atoms with Gasteiger partial charge in [-0.25, -0.2) is 0 Å². The average Bonchev–Trinajstić information content (AvgIpc) is 2.58. The molecule has 1 fully saturated rings. The Hall–Kier alpha value is -1.36. The van der Waals surface area contributed by atoms with Crippen molar-refractivity contribution in [1.82, 2.24) is 15.5 Å². The molecule has 2 rings (SSSR count). The number of alkyl halides is 3. The Balaban J connectivity index is 1.81. The van der Waals surface area contributed by atoms with E-state index in [1.165, 1.54) is 6.07 Å². The number of hydrogen-bond donors (Lipinski definition) is 2. The number of nitrogens with one attached hydrogen (secondary N) is 2. The summed E-state index contributed by atoms with van der Waals surface area (Å²) in [6.07, 6.45) is -2.84. The van der Waals surface area contributed by atoms with Gasteiger partial charge in [0.25, 0.3) is 5.91 Å². The minimum absolute atomic E-state index is 0.0107. The third-order valence-electron chi connectivity index (χ3n) is 4.63. The van der Waals surface area contributed by atoms with Gasteiger partial charge in [0.05, 0.1) is 12.1 Å². The molecule has 0 unspecified atom stereocenters. The Morgan fingerprint density at radius 2 is 1.76 bits per heavy atom. The SMILES string of the molecule is CC(C)(C)NC(=O)CN1CCC(CNC(=O)c2cc(I)cc(C(F)(F)F)c2)CC1. The minimum atomic E-state index is -4.48. The third kappa shape index (κ3) is 8.12. The van der Waals surface area contributed by atoms with Gasteiger partial charge < -0.3 is 10.6 Å². The highest BCUT2D eigenvalue weighted by molar-refractivity contribution is 14.1.